The summed E-state index contributed by atoms with van der Waals surface area (Å²) in [5.74, 6) is -1.16. The van der Waals surface area contributed by atoms with Crippen LogP contribution in [0.3, 0.4) is 0 Å². The summed E-state index contributed by atoms with van der Waals surface area (Å²) in [5, 5.41) is 9.28. The molecule has 1 aromatic carbocycles. The number of amides is 1. The van der Waals surface area contributed by atoms with Crippen LogP contribution in [0.15, 0.2) is 36.4 Å². The van der Waals surface area contributed by atoms with Crippen molar-refractivity contribution in [2.45, 2.75) is 25.3 Å². The van der Waals surface area contributed by atoms with E-state index in [1.165, 1.54) is 4.90 Å². The summed E-state index contributed by atoms with van der Waals surface area (Å²) >= 11 is 1.13. The number of aromatic nitrogens is 1. The monoisotopic (exact) mass is 316 g/mol. The number of piperidine rings is 1. The van der Waals surface area contributed by atoms with Crippen LogP contribution >= 0.6 is 11.5 Å². The zero-order valence-electron chi connectivity index (χ0n) is 11.9. The number of likely N-dealkylation sites (tertiary alicyclic amines) is 1. The van der Waals surface area contributed by atoms with E-state index in [-0.39, 0.29) is 5.91 Å². The first-order valence-corrected chi connectivity index (χ1v) is 8.00. The third-order valence-electron chi connectivity index (χ3n) is 3.84. The van der Waals surface area contributed by atoms with Gasteiger partial charge in [0.2, 0.25) is 0 Å². The fraction of sp³-hybridized carbons (Fsp3) is 0.312. The van der Waals surface area contributed by atoms with Gasteiger partial charge in [-0.05, 0) is 36.9 Å². The van der Waals surface area contributed by atoms with Crippen LogP contribution in [0.4, 0.5) is 0 Å². The Labute approximate surface area is 132 Å². The van der Waals surface area contributed by atoms with Gasteiger partial charge in [0.1, 0.15) is 10.9 Å². The van der Waals surface area contributed by atoms with Gasteiger partial charge in [0.25, 0.3) is 5.91 Å². The molecule has 6 heteroatoms. The Kier molecular flexibility index (Phi) is 4.20. The van der Waals surface area contributed by atoms with Crippen molar-refractivity contribution in [3.63, 3.8) is 0 Å². The van der Waals surface area contributed by atoms with E-state index in [1.54, 1.807) is 6.07 Å². The summed E-state index contributed by atoms with van der Waals surface area (Å²) in [6.07, 6.45) is 2.21. The maximum Gasteiger partial charge on any atom is 0.326 e. The lowest BCUT2D eigenvalue weighted by Gasteiger charge is -2.32. The molecule has 2 heterocycles. The zero-order chi connectivity index (χ0) is 15.5. The molecule has 1 saturated heterocycles. The van der Waals surface area contributed by atoms with E-state index in [9.17, 15) is 14.7 Å². The van der Waals surface area contributed by atoms with Gasteiger partial charge >= 0.3 is 5.97 Å². The lowest BCUT2D eigenvalue weighted by molar-refractivity contribution is -0.143. The lowest BCUT2D eigenvalue weighted by Crippen LogP contribution is -2.47. The lowest BCUT2D eigenvalue weighted by atomic mass is 10.0. The molecule has 0 radical (unpaired) electrons. The van der Waals surface area contributed by atoms with Gasteiger partial charge in [0, 0.05) is 12.1 Å². The van der Waals surface area contributed by atoms with Crippen LogP contribution in [-0.2, 0) is 4.79 Å². The molecule has 1 amide bonds. The van der Waals surface area contributed by atoms with Crippen LogP contribution in [-0.4, -0.2) is 38.8 Å². The van der Waals surface area contributed by atoms with E-state index >= 15 is 0 Å². The van der Waals surface area contributed by atoms with Crippen LogP contribution in [0, 0.1) is 0 Å². The van der Waals surface area contributed by atoms with E-state index < -0.39 is 12.0 Å². The number of nitrogens with zero attached hydrogens (tertiary/aromatic N) is 2. The molecule has 0 spiro atoms. The van der Waals surface area contributed by atoms with Gasteiger partial charge in [0.05, 0.1) is 5.69 Å². The normalized spacial score (nSPS) is 18.2. The molecule has 1 fully saturated rings. The van der Waals surface area contributed by atoms with E-state index in [0.29, 0.717) is 17.8 Å². The molecule has 2 aromatic rings. The van der Waals surface area contributed by atoms with Crippen LogP contribution in [0.25, 0.3) is 11.3 Å². The number of rotatable bonds is 3. The minimum Gasteiger partial charge on any atom is -0.480 e. The van der Waals surface area contributed by atoms with E-state index in [1.807, 2.05) is 30.3 Å². The number of hydrogen-bond acceptors (Lipinski definition) is 4. The Morgan fingerprint density at radius 3 is 2.73 bits per heavy atom. The highest BCUT2D eigenvalue weighted by molar-refractivity contribution is 7.08. The number of aliphatic carboxylic acids is 1. The molecule has 1 aromatic heterocycles. The number of carboxylic acid groups (broad SMARTS) is 1. The van der Waals surface area contributed by atoms with Crippen LogP contribution in [0.5, 0.6) is 0 Å². The molecule has 114 valence electrons. The SMILES string of the molecule is O=C(O)C1CCCCN1C(=O)c1cc(-c2ccccc2)ns1. The van der Waals surface area contributed by atoms with Gasteiger partial charge in [-0.15, -0.1) is 0 Å². The number of carboxylic acids is 1. The second kappa shape index (κ2) is 6.27. The number of hydrogen-bond donors (Lipinski definition) is 1. The molecule has 1 atom stereocenters. The van der Waals surface area contributed by atoms with Crippen molar-refractivity contribution in [3.8, 4) is 11.3 Å². The van der Waals surface area contributed by atoms with Crippen molar-refractivity contribution in [2.24, 2.45) is 0 Å². The van der Waals surface area contributed by atoms with Crippen LogP contribution < -0.4 is 0 Å². The number of carbonyl (C=O) groups is 2. The molecular weight excluding hydrogens is 300 g/mol. The zero-order valence-corrected chi connectivity index (χ0v) is 12.8. The highest BCUT2D eigenvalue weighted by atomic mass is 32.1. The Hall–Kier alpha value is -2.21. The average molecular weight is 316 g/mol. The molecule has 0 aliphatic carbocycles. The third-order valence-corrected chi connectivity index (χ3v) is 4.62. The first-order valence-electron chi connectivity index (χ1n) is 7.23. The summed E-state index contributed by atoms with van der Waals surface area (Å²) in [5.41, 5.74) is 1.70. The van der Waals surface area contributed by atoms with E-state index in [0.717, 1.165) is 35.6 Å². The summed E-state index contributed by atoms with van der Waals surface area (Å²) in [7, 11) is 0. The molecule has 1 aliphatic heterocycles. The largest absolute Gasteiger partial charge is 0.480 e. The standard InChI is InChI=1S/C16H16N2O3S/c19-15(18-9-5-4-8-13(18)16(20)21)14-10-12(17-22-14)11-6-2-1-3-7-11/h1-3,6-7,10,13H,4-5,8-9H2,(H,20,21). The molecule has 0 saturated carbocycles. The van der Waals surface area contributed by atoms with Gasteiger partial charge in [-0.2, -0.15) is 4.37 Å². The van der Waals surface area contributed by atoms with Crippen molar-refractivity contribution >= 4 is 23.4 Å². The first kappa shape index (κ1) is 14.7. The van der Waals surface area contributed by atoms with Crippen molar-refractivity contribution < 1.29 is 14.7 Å². The molecule has 1 aliphatic rings. The Balaban J connectivity index is 1.83. The summed E-state index contributed by atoms with van der Waals surface area (Å²) in [6, 6.07) is 10.7. The molecular formula is C16H16N2O3S. The fourth-order valence-electron chi connectivity index (χ4n) is 2.69. The summed E-state index contributed by atoms with van der Waals surface area (Å²) in [4.78, 5) is 25.9. The van der Waals surface area contributed by atoms with Crippen LogP contribution in [0.2, 0.25) is 0 Å². The third kappa shape index (κ3) is 2.87. The minimum atomic E-state index is -0.930. The summed E-state index contributed by atoms with van der Waals surface area (Å²) in [6.45, 7) is 0.494. The molecule has 1 unspecified atom stereocenters. The van der Waals surface area contributed by atoms with Crippen molar-refractivity contribution in [3.05, 3.63) is 41.3 Å². The highest BCUT2D eigenvalue weighted by Crippen LogP contribution is 2.25. The number of carbonyl (C=O) groups excluding carboxylic acids is 1. The van der Waals surface area contributed by atoms with Crippen molar-refractivity contribution in [1.29, 1.82) is 0 Å². The Morgan fingerprint density at radius 1 is 1.23 bits per heavy atom. The highest BCUT2D eigenvalue weighted by Gasteiger charge is 2.33. The number of benzene rings is 1. The van der Waals surface area contributed by atoms with Gasteiger partial charge in [-0.1, -0.05) is 30.3 Å². The molecule has 5 nitrogen and oxygen atoms in total. The van der Waals surface area contributed by atoms with E-state index in [4.69, 9.17) is 0 Å². The van der Waals surface area contributed by atoms with Crippen LogP contribution in [0.1, 0.15) is 28.9 Å². The summed E-state index contributed by atoms with van der Waals surface area (Å²) < 4.78 is 4.32. The average Bonchev–Trinajstić information content (AvgIpc) is 3.05. The van der Waals surface area contributed by atoms with Crippen molar-refractivity contribution in [1.82, 2.24) is 9.27 Å². The van der Waals surface area contributed by atoms with Gasteiger partial charge in [0.15, 0.2) is 0 Å². The molecule has 3 rings (SSSR count). The minimum absolute atomic E-state index is 0.230. The second-order valence-electron chi connectivity index (χ2n) is 5.29. The predicted octanol–water partition coefficient (Wildman–Crippen LogP) is 2.89. The smallest absolute Gasteiger partial charge is 0.326 e. The topological polar surface area (TPSA) is 70.5 Å². The molecule has 1 N–H and O–H groups in total. The Morgan fingerprint density at radius 2 is 2.00 bits per heavy atom. The maximum absolute atomic E-state index is 12.6. The second-order valence-corrected chi connectivity index (χ2v) is 6.10. The predicted molar refractivity (Wildman–Crippen MR) is 83.9 cm³/mol. The van der Waals surface area contributed by atoms with Gasteiger partial charge < -0.3 is 10.0 Å². The fourth-order valence-corrected chi connectivity index (χ4v) is 3.41. The molecule has 22 heavy (non-hydrogen) atoms. The maximum atomic E-state index is 12.6. The first-order chi connectivity index (χ1) is 10.7. The van der Waals surface area contributed by atoms with Gasteiger partial charge in [-0.25, -0.2) is 4.79 Å². The quantitative estimate of drug-likeness (QED) is 0.945. The van der Waals surface area contributed by atoms with Gasteiger partial charge in [-0.3, -0.25) is 4.79 Å². The van der Waals surface area contributed by atoms with E-state index in [2.05, 4.69) is 4.37 Å². The van der Waals surface area contributed by atoms with Crippen molar-refractivity contribution in [2.75, 3.05) is 6.54 Å². The Bertz CT molecular complexity index is 684. The molecule has 0 bridgehead atoms.